The van der Waals surface area contributed by atoms with Gasteiger partial charge in [0, 0.05) is 27.1 Å². The fourth-order valence-corrected chi connectivity index (χ4v) is 6.37. The van der Waals surface area contributed by atoms with Gasteiger partial charge in [-0.3, -0.25) is 4.57 Å². The summed E-state index contributed by atoms with van der Waals surface area (Å²) in [6, 6.07) is 36.3. The van der Waals surface area contributed by atoms with Crippen LogP contribution in [0.5, 0.6) is 0 Å². The lowest BCUT2D eigenvalue weighted by Crippen LogP contribution is -2.29. The zero-order chi connectivity index (χ0) is 28.1. The first-order chi connectivity index (χ1) is 20.0. The Morgan fingerprint density at radius 1 is 0.707 bits per heavy atom. The number of allylic oxidation sites excluding steroid dienone is 1. The van der Waals surface area contributed by atoms with Gasteiger partial charge in [-0.2, -0.15) is 0 Å². The van der Waals surface area contributed by atoms with Gasteiger partial charge in [-0.1, -0.05) is 118 Å². The molecule has 0 spiro atoms. The van der Waals surface area contributed by atoms with E-state index in [0.29, 0.717) is 5.95 Å². The summed E-state index contributed by atoms with van der Waals surface area (Å²) in [5.74, 6) is 0.643. The van der Waals surface area contributed by atoms with Gasteiger partial charge in [0.15, 0.2) is 0 Å². The molecule has 3 nitrogen and oxygen atoms in total. The van der Waals surface area contributed by atoms with Gasteiger partial charge in [-0.25, -0.2) is 9.97 Å². The van der Waals surface area contributed by atoms with E-state index in [0.717, 1.165) is 38.6 Å². The maximum Gasteiger partial charge on any atom is 0.235 e. The fourth-order valence-electron chi connectivity index (χ4n) is 6.37. The molecule has 3 heteroatoms. The highest BCUT2D eigenvalue weighted by molar-refractivity contribution is 5.94. The average Bonchev–Trinajstić information content (AvgIpc) is 3.44. The minimum Gasteiger partial charge on any atom is -0.278 e. The zero-order valence-electron chi connectivity index (χ0n) is 23.6. The Kier molecular flexibility index (Phi) is 5.83. The van der Waals surface area contributed by atoms with Crippen molar-refractivity contribution in [1.82, 2.24) is 14.5 Å². The lowest BCUT2D eigenvalue weighted by atomic mass is 9.82. The predicted molar refractivity (Wildman–Crippen MR) is 171 cm³/mol. The third-order valence-corrected chi connectivity index (χ3v) is 8.37. The number of nitrogens with zero attached hydrogens (tertiary/aromatic N) is 3. The van der Waals surface area contributed by atoms with Crippen molar-refractivity contribution in [2.45, 2.75) is 26.2 Å². The predicted octanol–water partition coefficient (Wildman–Crippen LogP) is 7.83. The third kappa shape index (κ3) is 3.88. The van der Waals surface area contributed by atoms with Gasteiger partial charge in [0.25, 0.3) is 0 Å². The lowest BCUT2D eigenvalue weighted by molar-refractivity contribution is 0.661. The monoisotopic (exact) mass is 529 g/mol. The van der Waals surface area contributed by atoms with Gasteiger partial charge < -0.3 is 0 Å². The largest absolute Gasteiger partial charge is 0.278 e. The molecule has 7 rings (SSSR count). The summed E-state index contributed by atoms with van der Waals surface area (Å²) in [5.41, 5.74) is 10.2. The van der Waals surface area contributed by atoms with E-state index in [4.69, 9.17) is 9.97 Å². The van der Waals surface area contributed by atoms with Crippen LogP contribution in [0.25, 0.3) is 62.6 Å². The third-order valence-electron chi connectivity index (χ3n) is 8.37. The van der Waals surface area contributed by atoms with Crippen LogP contribution in [0.1, 0.15) is 31.9 Å². The second-order valence-electron chi connectivity index (χ2n) is 11.1. The van der Waals surface area contributed by atoms with E-state index in [-0.39, 0.29) is 5.41 Å². The minimum absolute atomic E-state index is 0.116. The molecule has 1 aliphatic rings. The van der Waals surface area contributed by atoms with E-state index in [1.807, 2.05) is 18.2 Å². The molecule has 1 aliphatic carbocycles. The van der Waals surface area contributed by atoms with Gasteiger partial charge in [-0.15, -0.1) is 0 Å². The molecule has 2 heterocycles. The zero-order valence-corrected chi connectivity index (χ0v) is 23.6. The Hall–Kier alpha value is -5.02. The van der Waals surface area contributed by atoms with Crippen molar-refractivity contribution < 1.29 is 0 Å². The summed E-state index contributed by atoms with van der Waals surface area (Å²) in [6.07, 6.45) is 6.11. The van der Waals surface area contributed by atoms with E-state index in [9.17, 15) is 0 Å². The molecule has 0 saturated heterocycles. The number of hydrogen-bond acceptors (Lipinski definition) is 2. The topological polar surface area (TPSA) is 30.7 Å². The first-order valence-electron chi connectivity index (χ1n) is 14.1. The van der Waals surface area contributed by atoms with Crippen LogP contribution in [-0.4, -0.2) is 14.5 Å². The van der Waals surface area contributed by atoms with Gasteiger partial charge in [0.2, 0.25) is 5.95 Å². The van der Waals surface area contributed by atoms with Crippen LogP contribution >= 0.6 is 0 Å². The van der Waals surface area contributed by atoms with Crippen molar-refractivity contribution >= 4 is 23.1 Å². The fraction of sp³-hybridized carbons (Fsp3) is 0.105. The van der Waals surface area contributed by atoms with Crippen molar-refractivity contribution in [3.05, 3.63) is 137 Å². The summed E-state index contributed by atoms with van der Waals surface area (Å²) in [5, 5.41) is 3.36. The molecular weight excluding hydrogens is 498 g/mol. The Balaban J connectivity index is 1.60. The van der Waals surface area contributed by atoms with Crippen molar-refractivity contribution in [2.75, 3.05) is 0 Å². The Labute approximate surface area is 240 Å². The highest BCUT2D eigenvalue weighted by Crippen LogP contribution is 2.49. The van der Waals surface area contributed by atoms with Crippen LogP contribution in [0.15, 0.2) is 116 Å². The van der Waals surface area contributed by atoms with E-state index < -0.39 is 0 Å². The second kappa shape index (κ2) is 9.57. The molecule has 0 unspecified atom stereocenters. The molecule has 0 N–H and O–H groups in total. The quantitative estimate of drug-likeness (QED) is 0.233. The number of rotatable bonds is 4. The number of hydrogen-bond donors (Lipinski definition) is 0. The number of aromatic nitrogens is 3. The van der Waals surface area contributed by atoms with E-state index >= 15 is 0 Å². The highest BCUT2D eigenvalue weighted by Gasteiger charge is 2.36. The summed E-state index contributed by atoms with van der Waals surface area (Å²) in [7, 11) is 0. The number of benzene rings is 4. The minimum atomic E-state index is -0.116. The smallest absolute Gasteiger partial charge is 0.235 e. The van der Waals surface area contributed by atoms with E-state index in [2.05, 4.69) is 135 Å². The molecule has 41 heavy (non-hydrogen) atoms. The maximum atomic E-state index is 5.19. The molecule has 6 aromatic rings. The van der Waals surface area contributed by atoms with Crippen LogP contribution < -0.4 is 10.6 Å². The normalized spacial score (nSPS) is 14.3. The molecule has 0 amide bonds. The molecule has 0 atom stereocenters. The van der Waals surface area contributed by atoms with Gasteiger partial charge in [0.1, 0.15) is 0 Å². The van der Waals surface area contributed by atoms with Gasteiger partial charge in [-0.05, 0) is 53.5 Å². The first-order valence-corrected chi connectivity index (χ1v) is 14.1. The van der Waals surface area contributed by atoms with Crippen LogP contribution in [-0.2, 0) is 5.41 Å². The van der Waals surface area contributed by atoms with Crippen molar-refractivity contribution in [3.8, 4) is 39.6 Å². The first kappa shape index (κ1) is 25.0. The molecular formula is C38H31N3. The van der Waals surface area contributed by atoms with Crippen LogP contribution in [0.2, 0.25) is 0 Å². The average molecular weight is 530 g/mol. The SMILES string of the molecule is C=C/C=c1\c(=C/C)c2cc3c(cc2n1-c1nc(-c2ccccc2)cc(-c2ccccc2)n1)C(C)(C)c1ccccc1-3. The molecule has 198 valence electrons. The Morgan fingerprint density at radius 3 is 1.93 bits per heavy atom. The van der Waals surface area contributed by atoms with E-state index in [1.165, 1.54) is 27.6 Å². The van der Waals surface area contributed by atoms with Crippen molar-refractivity contribution in [1.29, 1.82) is 0 Å². The summed E-state index contributed by atoms with van der Waals surface area (Å²) in [6.45, 7) is 10.8. The standard InChI is InChI=1S/C38H31N3/c1-5-15-35-27(6-2)30-22-29-28-20-13-14-21-31(28)38(3,4)32(29)23-36(30)41(35)37-39-33(25-16-9-7-10-17-25)24-34(40-37)26-18-11-8-12-19-26/h5-24H,1H2,2-4H3/b27-6-,35-15+. The molecule has 0 aliphatic heterocycles. The Bertz CT molecular complexity index is 2020. The molecule has 0 saturated carbocycles. The van der Waals surface area contributed by atoms with Crippen LogP contribution in [0.4, 0.5) is 0 Å². The lowest BCUT2D eigenvalue weighted by Gasteiger charge is -2.21. The summed E-state index contributed by atoms with van der Waals surface area (Å²) < 4.78 is 2.21. The van der Waals surface area contributed by atoms with E-state index in [1.54, 1.807) is 0 Å². The summed E-state index contributed by atoms with van der Waals surface area (Å²) in [4.78, 5) is 10.4. The van der Waals surface area contributed by atoms with Crippen LogP contribution in [0, 0.1) is 0 Å². The molecule has 4 aromatic carbocycles. The number of fused-ring (bicyclic) bond motifs is 4. The highest BCUT2D eigenvalue weighted by atomic mass is 15.2. The maximum absolute atomic E-state index is 5.19. The molecule has 0 radical (unpaired) electrons. The second-order valence-corrected chi connectivity index (χ2v) is 11.1. The van der Waals surface area contributed by atoms with Crippen molar-refractivity contribution in [3.63, 3.8) is 0 Å². The van der Waals surface area contributed by atoms with Gasteiger partial charge >= 0.3 is 0 Å². The summed E-state index contributed by atoms with van der Waals surface area (Å²) >= 11 is 0. The molecule has 0 fully saturated rings. The van der Waals surface area contributed by atoms with Gasteiger partial charge in [0.05, 0.1) is 22.3 Å². The van der Waals surface area contributed by atoms with Crippen molar-refractivity contribution in [2.24, 2.45) is 0 Å². The molecule has 0 bridgehead atoms. The van der Waals surface area contributed by atoms with Crippen LogP contribution in [0.3, 0.4) is 0 Å². The Morgan fingerprint density at radius 2 is 1.32 bits per heavy atom. The molecule has 2 aromatic heterocycles.